The zero-order valence-electron chi connectivity index (χ0n) is 21.2. The number of piperidine rings is 2. The van der Waals surface area contributed by atoms with Gasteiger partial charge in [-0.2, -0.15) is 13.2 Å². The molecule has 4 rings (SSSR count). The normalized spacial score (nSPS) is 16.7. The van der Waals surface area contributed by atoms with Gasteiger partial charge in [0.15, 0.2) is 9.84 Å². The Hall–Kier alpha value is -3.48. The Kier molecular flexibility index (Phi) is 8.80. The van der Waals surface area contributed by atoms with Crippen LogP contribution in [0.5, 0.6) is 5.75 Å². The summed E-state index contributed by atoms with van der Waals surface area (Å²) in [5, 5.41) is 0. The Balaban J connectivity index is 0.000000212. The Morgan fingerprint density at radius 2 is 1.42 bits per heavy atom. The van der Waals surface area contributed by atoms with Gasteiger partial charge >= 0.3 is 6.18 Å². The van der Waals surface area contributed by atoms with E-state index < -0.39 is 21.6 Å². The molecule has 0 bridgehead atoms. The first-order valence-electron chi connectivity index (χ1n) is 12.0. The number of rotatable bonds is 4. The largest absolute Gasteiger partial charge is 0.494 e. The molecule has 0 spiro atoms. The minimum atomic E-state index is -4.51. The molecule has 2 fully saturated rings. The summed E-state index contributed by atoms with van der Waals surface area (Å²) in [4.78, 5) is 26.5. The molecule has 0 radical (unpaired) electrons. The van der Waals surface area contributed by atoms with Crippen LogP contribution in [0.2, 0.25) is 0 Å². The van der Waals surface area contributed by atoms with Crippen molar-refractivity contribution in [3.05, 3.63) is 35.9 Å². The highest BCUT2D eigenvalue weighted by Gasteiger charge is 2.36. The van der Waals surface area contributed by atoms with Gasteiger partial charge in [-0.15, -0.1) is 0 Å². The van der Waals surface area contributed by atoms with E-state index in [2.05, 4.69) is 0 Å². The van der Waals surface area contributed by atoms with Gasteiger partial charge in [-0.25, -0.2) is 8.42 Å². The lowest BCUT2D eigenvalue weighted by Gasteiger charge is -2.29. The molecule has 2 aliphatic rings. The quantitative estimate of drug-likeness (QED) is 0.543. The Bertz CT molecular complexity index is 1310. The van der Waals surface area contributed by atoms with Crippen molar-refractivity contribution in [1.29, 1.82) is 0 Å². The molecule has 2 aromatic carbocycles. The fraction of sp³-hybridized carbons (Fsp3) is 0.440. The number of ether oxygens (including phenoxy) is 1. The number of hydrogen-bond donors (Lipinski definition) is 2. The highest BCUT2D eigenvalue weighted by molar-refractivity contribution is 7.90. The molecule has 2 heterocycles. The van der Waals surface area contributed by atoms with Crippen LogP contribution in [0.25, 0.3) is 0 Å². The van der Waals surface area contributed by atoms with E-state index in [1.165, 1.54) is 36.3 Å². The van der Waals surface area contributed by atoms with Gasteiger partial charge in [0.05, 0.1) is 34.6 Å². The second kappa shape index (κ2) is 11.5. The lowest BCUT2D eigenvalue weighted by atomic mass is 10.1. The van der Waals surface area contributed by atoms with Crippen LogP contribution in [-0.2, 0) is 25.6 Å². The second-order valence-electron chi connectivity index (χ2n) is 9.11. The fourth-order valence-corrected chi connectivity index (χ4v) is 5.21. The molecule has 9 nitrogen and oxygen atoms in total. The third kappa shape index (κ3) is 6.69. The van der Waals surface area contributed by atoms with E-state index in [0.29, 0.717) is 43.8 Å². The van der Waals surface area contributed by atoms with Gasteiger partial charge in [0.25, 0.3) is 0 Å². The third-order valence-corrected chi connectivity index (χ3v) is 7.42. The van der Waals surface area contributed by atoms with Crippen molar-refractivity contribution in [3.63, 3.8) is 0 Å². The maximum absolute atomic E-state index is 12.9. The number of carbonyl (C=O) groups is 2. The number of nitrogens with two attached hydrogens (primary N) is 2. The SMILES string of the molecule is COc1cc(N)c(S(C)(=O)=O)cc1N1CCCCC1=O.Nc1ccc(N2CCCCC2=O)c(C(F)(F)F)c1. The molecule has 4 N–H and O–H groups in total. The maximum atomic E-state index is 12.9. The molecule has 2 aromatic rings. The van der Waals surface area contributed by atoms with Crippen LogP contribution in [0.4, 0.5) is 35.9 Å². The van der Waals surface area contributed by atoms with E-state index in [0.717, 1.165) is 31.6 Å². The minimum absolute atomic E-state index is 0.0201. The van der Waals surface area contributed by atoms with Crippen LogP contribution in [0.3, 0.4) is 0 Å². The predicted octanol–water partition coefficient (Wildman–Crippen LogP) is 4.00. The number of sulfone groups is 1. The molecule has 38 heavy (non-hydrogen) atoms. The Morgan fingerprint density at radius 3 is 1.89 bits per heavy atom. The number of benzene rings is 2. The number of anilines is 4. The highest BCUT2D eigenvalue weighted by Crippen LogP contribution is 2.39. The highest BCUT2D eigenvalue weighted by atomic mass is 32.2. The molecule has 208 valence electrons. The average Bonchev–Trinajstić information content (AvgIpc) is 2.84. The molecular weight excluding hydrogens is 525 g/mol. The first-order chi connectivity index (χ1) is 17.7. The van der Waals surface area contributed by atoms with Crippen molar-refractivity contribution in [2.75, 3.05) is 47.7 Å². The molecule has 0 unspecified atom stereocenters. The summed E-state index contributed by atoms with van der Waals surface area (Å²) in [7, 11) is -1.99. The van der Waals surface area contributed by atoms with Gasteiger partial charge in [0.1, 0.15) is 5.75 Å². The van der Waals surface area contributed by atoms with Gasteiger partial charge in [-0.05, 0) is 49.9 Å². The van der Waals surface area contributed by atoms with Gasteiger partial charge in [0, 0.05) is 43.9 Å². The van der Waals surface area contributed by atoms with E-state index >= 15 is 0 Å². The van der Waals surface area contributed by atoms with Crippen LogP contribution >= 0.6 is 0 Å². The first-order valence-corrected chi connectivity index (χ1v) is 13.9. The van der Waals surface area contributed by atoms with Gasteiger partial charge in [-0.1, -0.05) is 0 Å². The summed E-state index contributed by atoms with van der Waals surface area (Å²) in [6, 6.07) is 6.39. The van der Waals surface area contributed by atoms with Crippen molar-refractivity contribution >= 4 is 44.4 Å². The smallest absolute Gasteiger partial charge is 0.418 e. The van der Waals surface area contributed by atoms with E-state index in [9.17, 15) is 31.2 Å². The summed E-state index contributed by atoms with van der Waals surface area (Å²) < 4.78 is 67.5. The molecule has 13 heteroatoms. The number of methoxy groups -OCH3 is 1. The lowest BCUT2D eigenvalue weighted by Crippen LogP contribution is -2.36. The first kappa shape index (κ1) is 29.1. The number of hydrogen-bond acceptors (Lipinski definition) is 7. The van der Waals surface area contributed by atoms with E-state index in [1.807, 2.05) is 0 Å². The predicted molar refractivity (Wildman–Crippen MR) is 139 cm³/mol. The van der Waals surface area contributed by atoms with Gasteiger partial charge in [0.2, 0.25) is 11.8 Å². The molecular formula is C25H31F3N4O5S. The van der Waals surface area contributed by atoms with Gasteiger partial charge < -0.3 is 26.0 Å². The monoisotopic (exact) mass is 556 g/mol. The van der Waals surface area contributed by atoms with Crippen LogP contribution in [0.15, 0.2) is 35.2 Å². The molecule has 2 amide bonds. The number of nitrogens with zero attached hydrogens (tertiary/aromatic N) is 2. The van der Waals surface area contributed by atoms with E-state index in [4.69, 9.17) is 16.2 Å². The van der Waals surface area contributed by atoms with Crippen molar-refractivity contribution in [3.8, 4) is 5.75 Å². The molecule has 0 saturated carbocycles. The molecule has 0 aliphatic carbocycles. The van der Waals surface area contributed by atoms with E-state index in [1.54, 1.807) is 4.90 Å². The number of alkyl halides is 3. The second-order valence-corrected chi connectivity index (χ2v) is 11.1. The molecule has 0 atom stereocenters. The van der Waals surface area contributed by atoms with Crippen molar-refractivity contribution in [2.45, 2.75) is 49.6 Å². The molecule has 0 aromatic heterocycles. The van der Waals surface area contributed by atoms with Crippen LogP contribution in [0.1, 0.15) is 44.1 Å². The Labute approximate surface area is 219 Å². The van der Waals surface area contributed by atoms with E-state index in [-0.39, 0.29) is 33.8 Å². The maximum Gasteiger partial charge on any atom is 0.418 e. The zero-order chi connectivity index (χ0) is 28.3. The minimum Gasteiger partial charge on any atom is -0.494 e. The third-order valence-electron chi connectivity index (χ3n) is 6.27. The van der Waals surface area contributed by atoms with Crippen LogP contribution in [0, 0.1) is 0 Å². The van der Waals surface area contributed by atoms with Crippen LogP contribution < -0.4 is 26.0 Å². The number of carbonyl (C=O) groups excluding carboxylic acids is 2. The summed E-state index contributed by atoms with van der Waals surface area (Å²) in [6.45, 7) is 0.883. The van der Waals surface area contributed by atoms with Crippen molar-refractivity contribution in [2.24, 2.45) is 0 Å². The lowest BCUT2D eigenvalue weighted by molar-refractivity contribution is -0.137. The molecule has 2 aliphatic heterocycles. The van der Waals surface area contributed by atoms with Crippen molar-refractivity contribution in [1.82, 2.24) is 0 Å². The standard InChI is InChI=1S/C13H18N2O4S.C12H13F3N2O/c1-19-11-7-9(14)12(20(2,17)18)8-10(11)15-6-4-3-5-13(15)16;13-12(14,15)9-7-8(16)4-5-10(9)17-6-2-1-3-11(17)18/h7-8H,3-6,14H2,1-2H3;4-5,7H,1-3,6,16H2. The Morgan fingerprint density at radius 1 is 0.868 bits per heavy atom. The summed E-state index contributed by atoms with van der Waals surface area (Å²) >= 11 is 0. The van der Waals surface area contributed by atoms with Gasteiger partial charge in [-0.3, -0.25) is 9.59 Å². The summed E-state index contributed by atoms with van der Waals surface area (Å²) in [6.07, 6.45) is 0.511. The number of amides is 2. The average molecular weight is 557 g/mol. The molecule has 2 saturated heterocycles. The topological polar surface area (TPSA) is 136 Å². The fourth-order valence-electron chi connectivity index (χ4n) is 4.40. The van der Waals surface area contributed by atoms with Crippen molar-refractivity contribution < 1.29 is 35.9 Å². The number of nitrogen functional groups attached to an aromatic ring is 2. The van der Waals surface area contributed by atoms with Crippen LogP contribution in [-0.4, -0.2) is 46.7 Å². The summed E-state index contributed by atoms with van der Waals surface area (Å²) in [5.74, 6) is 0.112. The zero-order valence-corrected chi connectivity index (χ0v) is 22.0. The summed E-state index contributed by atoms with van der Waals surface area (Å²) in [5.41, 5.74) is 10.8. The number of halogens is 3.